The largest absolute Gasteiger partial charge is 0.489 e. The minimum atomic E-state index is -0.913. The van der Waals surface area contributed by atoms with Crippen LogP contribution in [0.2, 0.25) is 10.0 Å². The molecule has 5 aromatic rings. The number of carbonyl (C=O) groups is 1. The van der Waals surface area contributed by atoms with E-state index in [2.05, 4.69) is 5.16 Å². The van der Waals surface area contributed by atoms with Crippen LogP contribution in [0.1, 0.15) is 41.4 Å². The van der Waals surface area contributed by atoms with Crippen molar-refractivity contribution in [2.24, 2.45) is 0 Å². The van der Waals surface area contributed by atoms with Crippen molar-refractivity contribution >= 4 is 50.6 Å². The average Bonchev–Trinajstić information content (AvgIpc) is 3.47. The zero-order valence-corrected chi connectivity index (χ0v) is 21.7. The maximum atomic E-state index is 11.4. The zero-order chi connectivity index (χ0) is 25.4. The van der Waals surface area contributed by atoms with Crippen molar-refractivity contribution in [2.45, 2.75) is 26.4 Å². The molecule has 0 saturated heterocycles. The number of nitrogens with zero attached hydrogens (tertiary/aromatic N) is 1. The lowest BCUT2D eigenvalue weighted by atomic mass is 10.0. The highest BCUT2D eigenvalue weighted by Gasteiger charge is 2.23. The van der Waals surface area contributed by atoms with E-state index in [1.54, 1.807) is 23.6 Å². The van der Waals surface area contributed by atoms with Crippen LogP contribution >= 0.6 is 34.5 Å². The number of benzene rings is 3. The van der Waals surface area contributed by atoms with Gasteiger partial charge in [-0.15, -0.1) is 11.3 Å². The molecule has 0 atom stereocenters. The molecule has 0 saturated carbocycles. The molecular weight excluding hydrogens is 517 g/mol. The van der Waals surface area contributed by atoms with Crippen LogP contribution in [-0.4, -0.2) is 16.2 Å². The summed E-state index contributed by atoms with van der Waals surface area (Å²) in [6, 6.07) is 18.9. The molecule has 0 fully saturated rings. The van der Waals surface area contributed by atoms with Crippen LogP contribution in [0.25, 0.3) is 32.5 Å². The van der Waals surface area contributed by atoms with Gasteiger partial charge in [-0.25, -0.2) is 4.79 Å². The quantitative estimate of drug-likeness (QED) is 0.224. The number of carboxylic acid groups (broad SMARTS) is 1. The van der Waals surface area contributed by atoms with E-state index in [0.717, 1.165) is 32.5 Å². The van der Waals surface area contributed by atoms with Gasteiger partial charge in [0.15, 0.2) is 0 Å². The molecule has 3 aromatic carbocycles. The third kappa shape index (κ3) is 4.60. The lowest BCUT2D eigenvalue weighted by Gasteiger charge is -2.11. The van der Waals surface area contributed by atoms with Gasteiger partial charge in [-0.3, -0.25) is 0 Å². The van der Waals surface area contributed by atoms with Crippen LogP contribution in [0.3, 0.4) is 0 Å². The fraction of sp³-hybridized carbons (Fsp3) is 0.143. The molecule has 0 unspecified atom stereocenters. The van der Waals surface area contributed by atoms with E-state index in [4.69, 9.17) is 32.5 Å². The van der Waals surface area contributed by atoms with Crippen LogP contribution < -0.4 is 4.74 Å². The molecule has 1 N–H and O–H groups in total. The maximum absolute atomic E-state index is 11.4. The molecule has 5 rings (SSSR count). The summed E-state index contributed by atoms with van der Waals surface area (Å²) in [7, 11) is 0. The van der Waals surface area contributed by atoms with Crippen LogP contribution in [-0.2, 0) is 6.61 Å². The first-order chi connectivity index (χ1) is 17.3. The number of hydrogen-bond donors (Lipinski definition) is 1. The minimum Gasteiger partial charge on any atom is -0.489 e. The van der Waals surface area contributed by atoms with Gasteiger partial charge in [-0.05, 0) is 41.5 Å². The summed E-state index contributed by atoms with van der Waals surface area (Å²) in [5.74, 6) is 0.602. The first-order valence-electron chi connectivity index (χ1n) is 11.2. The van der Waals surface area contributed by atoms with Crippen molar-refractivity contribution in [1.82, 2.24) is 5.16 Å². The number of thiophene rings is 1. The van der Waals surface area contributed by atoms with Gasteiger partial charge < -0.3 is 14.4 Å². The first-order valence-corrected chi connectivity index (χ1v) is 12.9. The van der Waals surface area contributed by atoms with Crippen molar-refractivity contribution in [3.8, 4) is 28.1 Å². The Labute approximate surface area is 221 Å². The average molecular weight is 538 g/mol. The smallest absolute Gasteiger partial charge is 0.337 e. The Hall–Kier alpha value is -3.32. The highest BCUT2D eigenvalue weighted by Crippen LogP contribution is 2.39. The molecule has 0 radical (unpaired) electrons. The number of ether oxygens (including phenoxy) is 1. The van der Waals surface area contributed by atoms with Crippen LogP contribution in [0.15, 0.2) is 70.6 Å². The van der Waals surface area contributed by atoms with Crippen molar-refractivity contribution in [3.63, 3.8) is 0 Å². The minimum absolute atomic E-state index is 0.0994. The van der Waals surface area contributed by atoms with Gasteiger partial charge >= 0.3 is 5.97 Å². The van der Waals surface area contributed by atoms with E-state index in [9.17, 15) is 9.90 Å². The summed E-state index contributed by atoms with van der Waals surface area (Å²) in [4.78, 5) is 11.4. The molecule has 0 aliphatic rings. The van der Waals surface area contributed by atoms with E-state index >= 15 is 0 Å². The van der Waals surface area contributed by atoms with Crippen LogP contribution in [0, 0.1) is 0 Å². The first kappa shape index (κ1) is 24.4. The Morgan fingerprint density at radius 1 is 1.06 bits per heavy atom. The Morgan fingerprint density at radius 2 is 1.75 bits per heavy atom. The van der Waals surface area contributed by atoms with Gasteiger partial charge in [0.2, 0.25) is 0 Å². The van der Waals surface area contributed by atoms with Gasteiger partial charge in [0.25, 0.3) is 0 Å². The van der Waals surface area contributed by atoms with E-state index in [1.165, 1.54) is 11.3 Å². The number of aromatic carboxylic acids is 1. The molecule has 2 heterocycles. The molecule has 0 aliphatic heterocycles. The Balaban J connectivity index is 1.39. The maximum Gasteiger partial charge on any atom is 0.337 e. The molecule has 5 nitrogen and oxygen atoms in total. The fourth-order valence-electron chi connectivity index (χ4n) is 4.11. The number of aromatic nitrogens is 1. The molecule has 8 heteroatoms. The van der Waals surface area contributed by atoms with Gasteiger partial charge in [0.1, 0.15) is 23.8 Å². The Morgan fingerprint density at radius 3 is 2.42 bits per heavy atom. The third-order valence-electron chi connectivity index (χ3n) is 5.92. The summed E-state index contributed by atoms with van der Waals surface area (Å²) >= 11 is 14.3. The molecule has 0 aliphatic carbocycles. The normalized spacial score (nSPS) is 11.4. The topological polar surface area (TPSA) is 72.6 Å². The standard InChI is InChI=1S/C28H21Cl2NO4S/c1-15(2)27-20(26(31-35-27)25-22(29)4-3-5-23(25)30)13-34-18-9-6-16(7-10-18)17-8-11-19-21(28(32)33)14-36-24(19)12-17/h3-12,14-15H,13H2,1-2H3,(H,32,33). The monoisotopic (exact) mass is 537 g/mol. The molecule has 0 spiro atoms. The summed E-state index contributed by atoms with van der Waals surface area (Å²) in [5.41, 5.74) is 4.35. The van der Waals surface area contributed by atoms with E-state index in [1.807, 2.05) is 56.3 Å². The zero-order valence-electron chi connectivity index (χ0n) is 19.4. The molecule has 36 heavy (non-hydrogen) atoms. The fourth-order valence-corrected chi connectivity index (χ4v) is 5.66. The lowest BCUT2D eigenvalue weighted by Crippen LogP contribution is -2.01. The molecular formula is C28H21Cl2NO4S. The second-order valence-corrected chi connectivity index (χ2v) is 10.3. The van der Waals surface area contributed by atoms with Gasteiger partial charge in [0.05, 0.1) is 21.2 Å². The highest BCUT2D eigenvalue weighted by atomic mass is 35.5. The molecule has 0 bridgehead atoms. The molecule has 0 amide bonds. The second-order valence-electron chi connectivity index (χ2n) is 8.60. The lowest BCUT2D eigenvalue weighted by molar-refractivity contribution is 0.0699. The summed E-state index contributed by atoms with van der Waals surface area (Å²) in [5, 5.41) is 17.0. The van der Waals surface area contributed by atoms with Crippen molar-refractivity contribution in [1.29, 1.82) is 0 Å². The predicted octanol–water partition coefficient (Wildman–Crippen LogP) is 8.93. The molecule has 2 aromatic heterocycles. The number of halogens is 2. The summed E-state index contributed by atoms with van der Waals surface area (Å²) in [6.07, 6.45) is 0. The number of hydrogen-bond acceptors (Lipinski definition) is 5. The Bertz CT molecular complexity index is 1550. The van der Waals surface area contributed by atoms with Crippen molar-refractivity contribution in [3.05, 3.63) is 93.0 Å². The predicted molar refractivity (Wildman–Crippen MR) is 145 cm³/mol. The van der Waals surface area contributed by atoms with Gasteiger partial charge in [-0.1, -0.05) is 72.5 Å². The van der Waals surface area contributed by atoms with Crippen LogP contribution in [0.4, 0.5) is 0 Å². The highest BCUT2D eigenvalue weighted by molar-refractivity contribution is 7.17. The number of fused-ring (bicyclic) bond motifs is 1. The second kappa shape index (κ2) is 9.97. The van der Waals surface area contributed by atoms with Crippen molar-refractivity contribution in [2.75, 3.05) is 0 Å². The van der Waals surface area contributed by atoms with Gasteiger partial charge in [0, 0.05) is 26.9 Å². The van der Waals surface area contributed by atoms with E-state index in [-0.39, 0.29) is 12.5 Å². The van der Waals surface area contributed by atoms with E-state index in [0.29, 0.717) is 32.6 Å². The number of carboxylic acids is 1. The molecule has 182 valence electrons. The van der Waals surface area contributed by atoms with Crippen molar-refractivity contribution < 1.29 is 19.2 Å². The summed E-state index contributed by atoms with van der Waals surface area (Å²) < 4.78 is 12.7. The SMILES string of the molecule is CC(C)c1onc(-c2c(Cl)cccc2Cl)c1COc1ccc(-c2ccc3c(C(=O)O)csc3c2)cc1. The summed E-state index contributed by atoms with van der Waals surface area (Å²) in [6.45, 7) is 4.30. The third-order valence-corrected chi connectivity index (χ3v) is 7.49. The Kier molecular flexibility index (Phi) is 6.75. The van der Waals surface area contributed by atoms with E-state index < -0.39 is 5.97 Å². The number of rotatable bonds is 7. The van der Waals surface area contributed by atoms with Crippen LogP contribution in [0.5, 0.6) is 5.75 Å². The van der Waals surface area contributed by atoms with Gasteiger partial charge in [-0.2, -0.15) is 0 Å².